The molecule has 0 saturated heterocycles. The van der Waals surface area contributed by atoms with Crippen LogP contribution in [0, 0.1) is 0 Å². The Balaban J connectivity index is 0.00000338. The van der Waals surface area contributed by atoms with E-state index in [0.717, 1.165) is 11.3 Å². The molecule has 0 radical (unpaired) electrons. The summed E-state index contributed by atoms with van der Waals surface area (Å²) in [5, 5.41) is 10.1. The van der Waals surface area contributed by atoms with Gasteiger partial charge in [-0.1, -0.05) is 35.3 Å². The molecule has 2 rings (SSSR count). The summed E-state index contributed by atoms with van der Waals surface area (Å²) >= 11 is 12.1. The van der Waals surface area contributed by atoms with Crippen LogP contribution in [0.15, 0.2) is 35.3 Å². The molecule has 1 aromatic carbocycles. The Morgan fingerprint density at radius 3 is 2.46 bits per heavy atom. The zero-order chi connectivity index (χ0) is 18.4. The van der Waals surface area contributed by atoms with Gasteiger partial charge in [-0.05, 0) is 23.8 Å². The second-order valence-corrected chi connectivity index (χ2v) is 6.16. The molecule has 3 N–H and O–H groups in total. The molecule has 0 aliphatic rings. The van der Waals surface area contributed by atoms with E-state index in [1.54, 1.807) is 20.2 Å². The van der Waals surface area contributed by atoms with Gasteiger partial charge in [0.25, 0.3) is 5.91 Å². The zero-order valence-electron chi connectivity index (χ0n) is 14.8. The number of nitrogens with zero attached hydrogens (tertiary/aromatic N) is 2. The Kier molecular flexibility index (Phi) is 9.24. The third kappa shape index (κ3) is 5.78. The van der Waals surface area contributed by atoms with Crippen molar-refractivity contribution in [1.29, 1.82) is 0 Å². The van der Waals surface area contributed by atoms with Gasteiger partial charge in [0, 0.05) is 38.9 Å². The van der Waals surface area contributed by atoms with Crippen molar-refractivity contribution >= 4 is 59.0 Å². The molecule has 2 aromatic rings. The number of carbonyl (C=O) groups is 1. The Morgan fingerprint density at radius 2 is 1.88 bits per heavy atom. The maximum atomic E-state index is 11.7. The van der Waals surface area contributed by atoms with Crippen LogP contribution in [0.1, 0.15) is 21.6 Å². The second-order valence-electron chi connectivity index (χ2n) is 5.39. The number of hydrogen-bond acceptors (Lipinski definition) is 2. The largest absolute Gasteiger partial charge is 0.355 e. The van der Waals surface area contributed by atoms with E-state index >= 15 is 0 Å². The van der Waals surface area contributed by atoms with Crippen LogP contribution in [0.5, 0.6) is 0 Å². The first-order chi connectivity index (χ1) is 12.0. The molecule has 0 saturated carbocycles. The lowest BCUT2D eigenvalue weighted by molar-refractivity contribution is 0.0963. The SMILES string of the molecule is CN=C(NCc1cccc(C(=O)NC)c1)NCc1cc(Cl)c(Cl)n1C.I. The number of nitrogens with one attached hydrogen (secondary N) is 3. The van der Waals surface area contributed by atoms with Crippen molar-refractivity contribution in [3.05, 3.63) is 57.3 Å². The summed E-state index contributed by atoms with van der Waals surface area (Å²) in [4.78, 5) is 15.9. The van der Waals surface area contributed by atoms with Gasteiger partial charge in [0.15, 0.2) is 5.96 Å². The minimum absolute atomic E-state index is 0. The van der Waals surface area contributed by atoms with E-state index in [4.69, 9.17) is 23.2 Å². The maximum absolute atomic E-state index is 11.7. The molecule has 26 heavy (non-hydrogen) atoms. The number of halogens is 3. The van der Waals surface area contributed by atoms with E-state index in [9.17, 15) is 4.79 Å². The smallest absolute Gasteiger partial charge is 0.251 e. The first-order valence-electron chi connectivity index (χ1n) is 7.71. The predicted molar refractivity (Wildman–Crippen MR) is 118 cm³/mol. The molecular weight excluding hydrogens is 488 g/mol. The van der Waals surface area contributed by atoms with Crippen molar-refractivity contribution in [3.63, 3.8) is 0 Å². The number of hydrogen-bond donors (Lipinski definition) is 3. The number of benzene rings is 1. The van der Waals surface area contributed by atoms with Gasteiger partial charge in [-0.25, -0.2) is 0 Å². The monoisotopic (exact) mass is 509 g/mol. The van der Waals surface area contributed by atoms with E-state index in [1.807, 2.05) is 35.9 Å². The molecule has 0 atom stereocenters. The Bertz CT molecular complexity index is 791. The number of amides is 1. The molecule has 1 amide bonds. The highest BCUT2D eigenvalue weighted by Gasteiger charge is 2.09. The number of carbonyl (C=O) groups excluding carboxylic acids is 1. The molecule has 0 unspecified atom stereocenters. The van der Waals surface area contributed by atoms with Crippen molar-refractivity contribution < 1.29 is 4.79 Å². The van der Waals surface area contributed by atoms with E-state index < -0.39 is 0 Å². The number of aromatic nitrogens is 1. The zero-order valence-corrected chi connectivity index (χ0v) is 18.6. The third-order valence-electron chi connectivity index (χ3n) is 3.75. The normalized spacial score (nSPS) is 10.9. The molecule has 9 heteroatoms. The molecule has 1 heterocycles. The van der Waals surface area contributed by atoms with Crippen LogP contribution < -0.4 is 16.0 Å². The van der Waals surface area contributed by atoms with Gasteiger partial charge in [0.2, 0.25) is 0 Å². The van der Waals surface area contributed by atoms with Crippen LogP contribution in [0.4, 0.5) is 0 Å². The summed E-state index contributed by atoms with van der Waals surface area (Å²) in [6, 6.07) is 9.24. The Hall–Kier alpha value is -1.45. The van der Waals surface area contributed by atoms with Crippen molar-refractivity contribution in [1.82, 2.24) is 20.5 Å². The highest BCUT2D eigenvalue weighted by atomic mass is 127. The molecule has 6 nitrogen and oxygen atoms in total. The van der Waals surface area contributed by atoms with Crippen molar-refractivity contribution in [3.8, 4) is 0 Å². The first-order valence-corrected chi connectivity index (χ1v) is 8.47. The standard InChI is InChI=1S/C17H21Cl2N5O.HI/c1-20-16(25)12-6-4-5-11(7-12)9-22-17(21-2)23-10-13-8-14(18)15(19)24(13)3;/h4-8H,9-10H2,1-3H3,(H,20,25)(H2,21,22,23);1H. The molecule has 0 fully saturated rings. The van der Waals surface area contributed by atoms with Gasteiger partial charge in [0.1, 0.15) is 5.15 Å². The summed E-state index contributed by atoms with van der Waals surface area (Å²) in [7, 11) is 5.16. The number of rotatable bonds is 5. The van der Waals surface area contributed by atoms with Gasteiger partial charge in [-0.15, -0.1) is 24.0 Å². The third-order valence-corrected chi connectivity index (χ3v) is 4.59. The molecule has 0 bridgehead atoms. The fourth-order valence-corrected chi connectivity index (χ4v) is 2.72. The fourth-order valence-electron chi connectivity index (χ4n) is 2.31. The number of aliphatic imine (C=N–C) groups is 1. The maximum Gasteiger partial charge on any atom is 0.251 e. The van der Waals surface area contributed by atoms with Crippen LogP contribution in [0.25, 0.3) is 0 Å². The highest BCUT2D eigenvalue weighted by Crippen LogP contribution is 2.24. The predicted octanol–water partition coefficient (Wildman–Crippen LogP) is 3.17. The van der Waals surface area contributed by atoms with Crippen LogP contribution in [-0.2, 0) is 20.1 Å². The lowest BCUT2D eigenvalue weighted by Gasteiger charge is -2.13. The average molecular weight is 510 g/mol. The quantitative estimate of drug-likeness (QED) is 0.329. The van der Waals surface area contributed by atoms with Crippen molar-refractivity contribution in [2.45, 2.75) is 13.1 Å². The number of guanidine groups is 1. The Morgan fingerprint density at radius 1 is 1.19 bits per heavy atom. The molecular formula is C17H22Cl2IN5O. The summed E-state index contributed by atoms with van der Waals surface area (Å²) in [5.74, 6) is 0.528. The van der Waals surface area contributed by atoms with Crippen LogP contribution in [0.3, 0.4) is 0 Å². The van der Waals surface area contributed by atoms with Gasteiger partial charge < -0.3 is 20.5 Å². The van der Waals surface area contributed by atoms with E-state index in [0.29, 0.717) is 34.8 Å². The fraction of sp³-hybridized carbons (Fsp3) is 0.294. The molecule has 1 aromatic heterocycles. The first kappa shape index (κ1) is 22.6. The molecule has 0 spiro atoms. The summed E-state index contributed by atoms with van der Waals surface area (Å²) in [6.45, 7) is 1.07. The minimum atomic E-state index is -0.109. The highest BCUT2D eigenvalue weighted by molar-refractivity contribution is 14.0. The van der Waals surface area contributed by atoms with Crippen LogP contribution >= 0.6 is 47.2 Å². The van der Waals surface area contributed by atoms with Gasteiger partial charge in [0.05, 0.1) is 11.6 Å². The summed E-state index contributed by atoms with van der Waals surface area (Å²) in [5.41, 5.74) is 2.55. The van der Waals surface area contributed by atoms with E-state index in [-0.39, 0.29) is 29.9 Å². The lowest BCUT2D eigenvalue weighted by atomic mass is 10.1. The lowest BCUT2D eigenvalue weighted by Crippen LogP contribution is -2.36. The van der Waals surface area contributed by atoms with Gasteiger partial charge >= 0.3 is 0 Å². The van der Waals surface area contributed by atoms with Crippen LogP contribution in [-0.4, -0.2) is 30.5 Å². The van der Waals surface area contributed by atoms with Gasteiger partial charge in [-0.3, -0.25) is 9.79 Å². The van der Waals surface area contributed by atoms with Crippen molar-refractivity contribution in [2.24, 2.45) is 12.0 Å². The van der Waals surface area contributed by atoms with E-state index in [2.05, 4.69) is 20.9 Å². The Labute approximate surface area is 180 Å². The summed E-state index contributed by atoms with van der Waals surface area (Å²) in [6.07, 6.45) is 0. The second kappa shape index (κ2) is 10.6. The molecule has 0 aliphatic heterocycles. The van der Waals surface area contributed by atoms with Gasteiger partial charge in [-0.2, -0.15) is 0 Å². The molecule has 142 valence electrons. The topological polar surface area (TPSA) is 70.4 Å². The summed E-state index contributed by atoms with van der Waals surface area (Å²) < 4.78 is 1.82. The van der Waals surface area contributed by atoms with Crippen molar-refractivity contribution in [2.75, 3.05) is 14.1 Å². The molecule has 0 aliphatic carbocycles. The van der Waals surface area contributed by atoms with E-state index in [1.165, 1.54) is 0 Å². The minimum Gasteiger partial charge on any atom is -0.355 e. The average Bonchev–Trinajstić information content (AvgIpc) is 2.88. The van der Waals surface area contributed by atoms with Crippen LogP contribution in [0.2, 0.25) is 10.2 Å².